The second-order valence-electron chi connectivity index (χ2n) is 6.89. The second kappa shape index (κ2) is 8.63. The molecular weight excluding hydrogens is 428 g/mol. The van der Waals surface area contributed by atoms with Crippen molar-refractivity contribution in [2.75, 3.05) is 23.4 Å². The average molecular weight is 446 g/mol. The van der Waals surface area contributed by atoms with Crippen LogP contribution in [0.3, 0.4) is 0 Å². The number of amides is 2. The van der Waals surface area contributed by atoms with Crippen LogP contribution < -0.4 is 21.7 Å². The molecule has 0 aliphatic heterocycles. The third-order valence-corrected chi connectivity index (χ3v) is 4.76. The Bertz CT molecular complexity index is 1380. The van der Waals surface area contributed by atoms with Gasteiger partial charge in [-0.15, -0.1) is 9.78 Å². The highest BCUT2D eigenvalue weighted by molar-refractivity contribution is 5.98. The molecule has 4 aromatic rings. The summed E-state index contributed by atoms with van der Waals surface area (Å²) in [6.45, 7) is 0. The quantitative estimate of drug-likeness (QED) is 0.268. The lowest BCUT2D eigenvalue weighted by atomic mass is 10.1. The van der Waals surface area contributed by atoms with Crippen molar-refractivity contribution in [3.8, 4) is 0 Å². The van der Waals surface area contributed by atoms with Crippen LogP contribution in [0.1, 0.15) is 10.4 Å². The SMILES string of the molecule is CNC(=O)c1ccc(Nc2nc(N)n(C(=O)Nc3ccc4c([N+](=O)[O-])cccc4c3)n2)cc1. The number of hydrogen-bond donors (Lipinski definition) is 4. The van der Waals surface area contributed by atoms with Gasteiger partial charge in [-0.3, -0.25) is 14.9 Å². The van der Waals surface area contributed by atoms with Crippen molar-refractivity contribution < 1.29 is 14.5 Å². The number of non-ortho nitro benzene ring substituents is 1. The molecule has 0 saturated heterocycles. The number of nitro benzene ring substituents is 1. The molecule has 0 aliphatic rings. The standard InChI is InChI=1S/C21H18N8O4/c1-23-18(30)12-5-7-14(8-6-12)24-20-26-19(22)28(27-20)21(31)25-15-9-10-16-13(11-15)3-2-4-17(16)29(32)33/h2-11H,1H3,(H,23,30)(H,25,31)(H3,22,24,26,27). The Balaban J connectivity index is 1.50. The van der Waals surface area contributed by atoms with Crippen molar-refractivity contribution in [1.82, 2.24) is 20.1 Å². The minimum Gasteiger partial charge on any atom is -0.368 e. The number of carbonyl (C=O) groups is 2. The topological polar surface area (TPSA) is 170 Å². The van der Waals surface area contributed by atoms with Gasteiger partial charge in [0.25, 0.3) is 11.6 Å². The molecule has 0 bridgehead atoms. The van der Waals surface area contributed by atoms with Gasteiger partial charge in [0.15, 0.2) is 0 Å². The fourth-order valence-corrected chi connectivity index (χ4v) is 3.18. The Hall–Kier alpha value is -5.00. The highest BCUT2D eigenvalue weighted by Crippen LogP contribution is 2.27. The molecule has 0 spiro atoms. The molecular formula is C21H18N8O4. The fraction of sp³-hybridized carbons (Fsp3) is 0.0476. The molecule has 12 nitrogen and oxygen atoms in total. The number of nitro groups is 1. The van der Waals surface area contributed by atoms with E-state index in [0.717, 1.165) is 4.68 Å². The minimum atomic E-state index is -0.659. The predicted octanol–water partition coefficient (Wildman–Crippen LogP) is 3.11. The first-order valence-electron chi connectivity index (χ1n) is 9.66. The van der Waals surface area contributed by atoms with E-state index in [4.69, 9.17) is 5.73 Å². The molecule has 3 aromatic carbocycles. The zero-order valence-electron chi connectivity index (χ0n) is 17.3. The summed E-state index contributed by atoms with van der Waals surface area (Å²) >= 11 is 0. The van der Waals surface area contributed by atoms with Crippen LogP contribution in [0.4, 0.5) is 33.8 Å². The normalized spacial score (nSPS) is 10.6. The summed E-state index contributed by atoms with van der Waals surface area (Å²) in [7, 11) is 1.54. The Morgan fingerprint density at radius 1 is 1.06 bits per heavy atom. The molecule has 0 atom stereocenters. The maximum Gasteiger partial charge on any atom is 0.349 e. The smallest absolute Gasteiger partial charge is 0.349 e. The van der Waals surface area contributed by atoms with E-state index in [0.29, 0.717) is 27.7 Å². The van der Waals surface area contributed by atoms with Gasteiger partial charge in [-0.1, -0.05) is 12.1 Å². The molecule has 33 heavy (non-hydrogen) atoms. The van der Waals surface area contributed by atoms with Gasteiger partial charge in [-0.25, -0.2) is 4.79 Å². The van der Waals surface area contributed by atoms with Crippen molar-refractivity contribution >= 4 is 51.7 Å². The lowest BCUT2D eigenvalue weighted by molar-refractivity contribution is -0.383. The van der Waals surface area contributed by atoms with Crippen LogP contribution in [0, 0.1) is 10.1 Å². The van der Waals surface area contributed by atoms with Crippen LogP contribution >= 0.6 is 0 Å². The Kier molecular flexibility index (Phi) is 5.55. The molecule has 0 radical (unpaired) electrons. The monoisotopic (exact) mass is 446 g/mol. The van der Waals surface area contributed by atoms with Crippen LogP contribution in [0.5, 0.6) is 0 Å². The van der Waals surface area contributed by atoms with Gasteiger partial charge in [0.1, 0.15) is 0 Å². The van der Waals surface area contributed by atoms with Gasteiger partial charge in [0.2, 0.25) is 11.9 Å². The first-order chi connectivity index (χ1) is 15.9. The minimum absolute atomic E-state index is 0.0232. The molecule has 1 aromatic heterocycles. The zero-order valence-corrected chi connectivity index (χ0v) is 17.3. The molecule has 5 N–H and O–H groups in total. The number of aromatic nitrogens is 3. The van der Waals surface area contributed by atoms with E-state index in [-0.39, 0.29) is 23.5 Å². The van der Waals surface area contributed by atoms with Crippen LogP contribution in [0.15, 0.2) is 60.7 Å². The molecule has 0 saturated carbocycles. The highest BCUT2D eigenvalue weighted by Gasteiger charge is 2.16. The lowest BCUT2D eigenvalue weighted by Gasteiger charge is -2.07. The molecule has 4 rings (SSSR count). The second-order valence-corrected chi connectivity index (χ2v) is 6.89. The summed E-state index contributed by atoms with van der Waals surface area (Å²) in [6, 6.07) is 15.3. The van der Waals surface area contributed by atoms with Crippen LogP contribution in [0.2, 0.25) is 0 Å². The van der Waals surface area contributed by atoms with E-state index in [2.05, 4.69) is 26.0 Å². The number of hydrogen-bond acceptors (Lipinski definition) is 8. The van der Waals surface area contributed by atoms with Crippen molar-refractivity contribution in [3.63, 3.8) is 0 Å². The molecule has 2 amide bonds. The summed E-state index contributed by atoms with van der Waals surface area (Å²) in [5.74, 6) is -0.272. The Morgan fingerprint density at radius 2 is 1.79 bits per heavy atom. The summed E-state index contributed by atoms with van der Waals surface area (Å²) in [4.78, 5) is 39.0. The molecule has 166 valence electrons. The fourth-order valence-electron chi connectivity index (χ4n) is 3.18. The van der Waals surface area contributed by atoms with Crippen molar-refractivity contribution in [2.45, 2.75) is 0 Å². The van der Waals surface area contributed by atoms with Gasteiger partial charge < -0.3 is 21.7 Å². The summed E-state index contributed by atoms with van der Waals surface area (Å²) < 4.78 is 0.888. The number of nitrogens with two attached hydrogens (primary N) is 1. The largest absolute Gasteiger partial charge is 0.368 e. The highest BCUT2D eigenvalue weighted by atomic mass is 16.6. The van der Waals surface area contributed by atoms with E-state index in [1.165, 1.54) is 6.07 Å². The molecule has 0 fully saturated rings. The van der Waals surface area contributed by atoms with Gasteiger partial charge in [-0.05, 0) is 47.9 Å². The summed E-state index contributed by atoms with van der Waals surface area (Å²) in [6.07, 6.45) is 0. The maximum absolute atomic E-state index is 12.7. The number of carbonyl (C=O) groups excluding carboxylic acids is 2. The summed E-state index contributed by atoms with van der Waals surface area (Å²) in [5, 5.41) is 24.4. The third-order valence-electron chi connectivity index (χ3n) is 4.76. The molecule has 0 unspecified atom stereocenters. The predicted molar refractivity (Wildman–Crippen MR) is 123 cm³/mol. The molecule has 1 heterocycles. The van der Waals surface area contributed by atoms with Gasteiger partial charge in [0, 0.05) is 30.1 Å². The Morgan fingerprint density at radius 3 is 2.48 bits per heavy atom. The number of anilines is 4. The number of nitrogens with zero attached hydrogens (tertiary/aromatic N) is 4. The van der Waals surface area contributed by atoms with Gasteiger partial charge >= 0.3 is 6.03 Å². The van der Waals surface area contributed by atoms with Crippen LogP contribution in [0.25, 0.3) is 10.8 Å². The van der Waals surface area contributed by atoms with Crippen molar-refractivity contribution in [2.24, 2.45) is 0 Å². The van der Waals surface area contributed by atoms with E-state index in [1.807, 2.05) is 0 Å². The zero-order chi connectivity index (χ0) is 23.5. The van der Waals surface area contributed by atoms with Crippen molar-refractivity contribution in [3.05, 3.63) is 76.3 Å². The Labute approximate surface area is 186 Å². The van der Waals surface area contributed by atoms with Gasteiger partial charge in [-0.2, -0.15) is 4.98 Å². The van der Waals surface area contributed by atoms with E-state index < -0.39 is 11.0 Å². The van der Waals surface area contributed by atoms with Crippen molar-refractivity contribution in [1.29, 1.82) is 0 Å². The first-order valence-corrected chi connectivity index (χ1v) is 9.66. The maximum atomic E-state index is 12.7. The van der Waals surface area contributed by atoms with E-state index >= 15 is 0 Å². The lowest BCUT2D eigenvalue weighted by Crippen LogP contribution is -2.22. The summed E-state index contributed by atoms with van der Waals surface area (Å²) in [5.41, 5.74) is 7.30. The molecule has 12 heteroatoms. The molecule has 0 aliphatic carbocycles. The van der Waals surface area contributed by atoms with Gasteiger partial charge in [0.05, 0.1) is 10.3 Å². The van der Waals surface area contributed by atoms with Crippen LogP contribution in [-0.2, 0) is 0 Å². The van der Waals surface area contributed by atoms with E-state index in [1.54, 1.807) is 61.6 Å². The number of benzene rings is 3. The average Bonchev–Trinajstić information content (AvgIpc) is 3.18. The number of nitrogen functional groups attached to an aromatic ring is 1. The number of rotatable bonds is 5. The third kappa shape index (κ3) is 4.39. The van der Waals surface area contributed by atoms with Crippen LogP contribution in [-0.4, -0.2) is 38.7 Å². The van der Waals surface area contributed by atoms with E-state index in [9.17, 15) is 19.7 Å². The number of fused-ring (bicyclic) bond motifs is 1. The first kappa shape index (κ1) is 21.2. The number of nitrogens with one attached hydrogen (secondary N) is 3.